The van der Waals surface area contributed by atoms with Crippen LogP contribution in [0.15, 0.2) is 42.0 Å². The average molecular weight is 284 g/mol. The van der Waals surface area contributed by atoms with Gasteiger partial charge in [0, 0.05) is 35.8 Å². The molecule has 0 unspecified atom stereocenters. The highest BCUT2D eigenvalue weighted by molar-refractivity contribution is 7.13. The molecule has 0 spiro atoms. The van der Waals surface area contributed by atoms with Crippen LogP contribution in [0.4, 0.5) is 0 Å². The van der Waals surface area contributed by atoms with Crippen molar-refractivity contribution in [3.05, 3.63) is 47.6 Å². The number of hydrogen-bond acceptors (Lipinski definition) is 4. The highest BCUT2D eigenvalue weighted by atomic mass is 32.1. The van der Waals surface area contributed by atoms with Gasteiger partial charge in [-0.25, -0.2) is 4.98 Å². The first-order valence-corrected chi connectivity index (χ1v) is 7.46. The van der Waals surface area contributed by atoms with Crippen molar-refractivity contribution in [1.82, 2.24) is 14.8 Å². The molecule has 20 heavy (non-hydrogen) atoms. The molecular weight excluding hydrogens is 268 g/mol. The van der Waals surface area contributed by atoms with E-state index in [-0.39, 0.29) is 0 Å². The SMILES string of the molecule is CCn1cc(-c2csc(-c3cccc(CN)c3)n2)cn1. The largest absolute Gasteiger partial charge is 0.326 e. The molecule has 0 bridgehead atoms. The zero-order valence-corrected chi connectivity index (χ0v) is 12.1. The third kappa shape index (κ3) is 2.50. The molecule has 0 radical (unpaired) electrons. The number of nitrogens with zero attached hydrogens (tertiary/aromatic N) is 3. The standard InChI is InChI=1S/C15H16N4S/c1-2-19-9-13(8-17-19)14-10-20-15(18-14)12-5-3-4-11(6-12)7-16/h3-6,8-10H,2,7,16H2,1H3. The third-order valence-electron chi connectivity index (χ3n) is 3.17. The van der Waals surface area contributed by atoms with E-state index in [2.05, 4.69) is 29.5 Å². The predicted octanol–water partition coefficient (Wildman–Crippen LogP) is 3.15. The second-order valence-corrected chi connectivity index (χ2v) is 5.39. The maximum absolute atomic E-state index is 5.68. The molecule has 2 heterocycles. The molecule has 0 amide bonds. The van der Waals surface area contributed by atoms with E-state index in [0.717, 1.165) is 33.9 Å². The van der Waals surface area contributed by atoms with Gasteiger partial charge in [0.15, 0.2) is 0 Å². The van der Waals surface area contributed by atoms with Crippen molar-refractivity contribution in [2.75, 3.05) is 0 Å². The Bertz CT molecular complexity index is 714. The van der Waals surface area contributed by atoms with Gasteiger partial charge in [-0.2, -0.15) is 5.10 Å². The van der Waals surface area contributed by atoms with Crippen molar-refractivity contribution in [3.8, 4) is 21.8 Å². The Morgan fingerprint density at radius 1 is 1.30 bits per heavy atom. The van der Waals surface area contributed by atoms with E-state index < -0.39 is 0 Å². The van der Waals surface area contributed by atoms with Crippen LogP contribution in [0.2, 0.25) is 0 Å². The minimum atomic E-state index is 0.551. The predicted molar refractivity (Wildman–Crippen MR) is 82.3 cm³/mol. The van der Waals surface area contributed by atoms with Crippen LogP contribution in [0.1, 0.15) is 12.5 Å². The van der Waals surface area contributed by atoms with Crippen molar-refractivity contribution in [2.45, 2.75) is 20.0 Å². The summed E-state index contributed by atoms with van der Waals surface area (Å²) in [4.78, 5) is 4.70. The summed E-state index contributed by atoms with van der Waals surface area (Å²) in [6, 6.07) is 8.21. The molecule has 0 saturated carbocycles. The van der Waals surface area contributed by atoms with Gasteiger partial charge in [0.25, 0.3) is 0 Å². The van der Waals surface area contributed by atoms with Crippen LogP contribution in [0, 0.1) is 0 Å². The van der Waals surface area contributed by atoms with Crippen molar-refractivity contribution in [1.29, 1.82) is 0 Å². The van der Waals surface area contributed by atoms with Crippen molar-refractivity contribution < 1.29 is 0 Å². The van der Waals surface area contributed by atoms with E-state index in [1.807, 2.05) is 29.2 Å². The number of aryl methyl sites for hydroxylation is 1. The van der Waals surface area contributed by atoms with Crippen LogP contribution >= 0.6 is 11.3 Å². The summed E-state index contributed by atoms with van der Waals surface area (Å²) in [7, 11) is 0. The summed E-state index contributed by atoms with van der Waals surface area (Å²) >= 11 is 1.64. The maximum Gasteiger partial charge on any atom is 0.124 e. The van der Waals surface area contributed by atoms with Gasteiger partial charge in [0.05, 0.1) is 11.9 Å². The Morgan fingerprint density at radius 3 is 2.95 bits per heavy atom. The molecule has 0 aliphatic carbocycles. The number of thiazole rings is 1. The lowest BCUT2D eigenvalue weighted by atomic mass is 10.1. The van der Waals surface area contributed by atoms with Crippen LogP contribution in [-0.4, -0.2) is 14.8 Å². The van der Waals surface area contributed by atoms with Gasteiger partial charge < -0.3 is 5.73 Å². The van der Waals surface area contributed by atoms with Crippen molar-refractivity contribution >= 4 is 11.3 Å². The van der Waals surface area contributed by atoms with Crippen LogP contribution in [-0.2, 0) is 13.1 Å². The van der Waals surface area contributed by atoms with Crippen molar-refractivity contribution in [3.63, 3.8) is 0 Å². The van der Waals surface area contributed by atoms with E-state index in [1.54, 1.807) is 11.3 Å². The highest BCUT2D eigenvalue weighted by Gasteiger charge is 2.08. The number of hydrogen-bond donors (Lipinski definition) is 1. The Morgan fingerprint density at radius 2 is 2.20 bits per heavy atom. The number of benzene rings is 1. The highest BCUT2D eigenvalue weighted by Crippen LogP contribution is 2.29. The van der Waals surface area contributed by atoms with Gasteiger partial charge in [0.1, 0.15) is 5.01 Å². The minimum absolute atomic E-state index is 0.551. The summed E-state index contributed by atoms with van der Waals surface area (Å²) < 4.78 is 1.91. The summed E-state index contributed by atoms with van der Waals surface area (Å²) in [5, 5.41) is 7.37. The lowest BCUT2D eigenvalue weighted by molar-refractivity contribution is 0.660. The van der Waals surface area contributed by atoms with Gasteiger partial charge in [-0.15, -0.1) is 11.3 Å². The molecule has 0 aliphatic rings. The molecule has 2 N–H and O–H groups in total. The number of nitrogens with two attached hydrogens (primary N) is 1. The zero-order valence-electron chi connectivity index (χ0n) is 11.3. The Kier molecular flexibility index (Phi) is 3.62. The van der Waals surface area contributed by atoms with Gasteiger partial charge in [-0.05, 0) is 18.6 Å². The smallest absolute Gasteiger partial charge is 0.124 e. The van der Waals surface area contributed by atoms with E-state index in [4.69, 9.17) is 10.7 Å². The summed E-state index contributed by atoms with van der Waals surface area (Å²) in [6.07, 6.45) is 3.88. The fraction of sp³-hybridized carbons (Fsp3) is 0.200. The molecule has 102 valence electrons. The molecule has 3 aromatic rings. The van der Waals surface area contributed by atoms with Crippen LogP contribution in [0.3, 0.4) is 0 Å². The van der Waals surface area contributed by atoms with E-state index in [9.17, 15) is 0 Å². The molecule has 0 aliphatic heterocycles. The average Bonchev–Trinajstić information content (AvgIpc) is 3.15. The van der Waals surface area contributed by atoms with Gasteiger partial charge in [-0.3, -0.25) is 4.68 Å². The Balaban J connectivity index is 1.93. The monoisotopic (exact) mass is 284 g/mol. The normalized spacial score (nSPS) is 10.9. The van der Waals surface area contributed by atoms with E-state index in [1.165, 1.54) is 0 Å². The molecule has 0 saturated heterocycles. The first-order valence-electron chi connectivity index (χ1n) is 6.58. The van der Waals surface area contributed by atoms with Crippen LogP contribution in [0.5, 0.6) is 0 Å². The lowest BCUT2D eigenvalue weighted by Gasteiger charge is -1.99. The fourth-order valence-electron chi connectivity index (χ4n) is 2.04. The minimum Gasteiger partial charge on any atom is -0.326 e. The number of rotatable bonds is 4. The molecule has 3 rings (SSSR count). The summed E-state index contributed by atoms with van der Waals surface area (Å²) in [6.45, 7) is 3.49. The zero-order chi connectivity index (χ0) is 13.9. The molecule has 1 aromatic carbocycles. The lowest BCUT2D eigenvalue weighted by Crippen LogP contribution is -1.95. The van der Waals surface area contributed by atoms with Gasteiger partial charge >= 0.3 is 0 Å². The fourth-order valence-corrected chi connectivity index (χ4v) is 2.87. The summed E-state index contributed by atoms with van der Waals surface area (Å²) in [5.41, 5.74) is 9.96. The molecule has 0 fully saturated rings. The van der Waals surface area contributed by atoms with E-state index in [0.29, 0.717) is 6.54 Å². The Labute approximate surface area is 121 Å². The summed E-state index contributed by atoms with van der Waals surface area (Å²) in [5.74, 6) is 0. The van der Waals surface area contributed by atoms with Gasteiger partial charge in [0.2, 0.25) is 0 Å². The topological polar surface area (TPSA) is 56.7 Å². The first-order chi connectivity index (χ1) is 9.80. The molecular formula is C15H16N4S. The molecule has 2 aromatic heterocycles. The second-order valence-electron chi connectivity index (χ2n) is 4.53. The molecule has 0 atom stereocenters. The molecule has 4 nitrogen and oxygen atoms in total. The number of aromatic nitrogens is 3. The van der Waals surface area contributed by atoms with Crippen LogP contribution < -0.4 is 5.73 Å². The Hall–Kier alpha value is -1.98. The first kappa shape index (κ1) is 13.0. The van der Waals surface area contributed by atoms with E-state index >= 15 is 0 Å². The maximum atomic E-state index is 5.68. The van der Waals surface area contributed by atoms with Crippen molar-refractivity contribution in [2.24, 2.45) is 5.73 Å². The third-order valence-corrected chi connectivity index (χ3v) is 4.06. The van der Waals surface area contributed by atoms with Crippen LogP contribution in [0.25, 0.3) is 21.8 Å². The van der Waals surface area contributed by atoms with Gasteiger partial charge in [-0.1, -0.05) is 18.2 Å². The molecule has 5 heteroatoms. The quantitative estimate of drug-likeness (QED) is 0.800. The second kappa shape index (κ2) is 5.56.